The SMILES string of the molecule is CC(N)CCOc1ccc(F)cc1C(C)NC(=O)O. The first-order chi connectivity index (χ1) is 8.90. The van der Waals surface area contributed by atoms with E-state index in [1.807, 2.05) is 6.92 Å². The second-order valence-corrected chi connectivity index (χ2v) is 4.47. The number of carbonyl (C=O) groups is 1. The third-order valence-corrected chi connectivity index (χ3v) is 2.61. The van der Waals surface area contributed by atoms with E-state index in [9.17, 15) is 9.18 Å². The molecule has 0 aliphatic rings. The summed E-state index contributed by atoms with van der Waals surface area (Å²) in [6.45, 7) is 3.89. The first kappa shape index (κ1) is 15.2. The van der Waals surface area contributed by atoms with Crippen molar-refractivity contribution in [2.24, 2.45) is 5.73 Å². The van der Waals surface area contributed by atoms with Crippen LogP contribution < -0.4 is 15.8 Å². The average molecular weight is 270 g/mol. The lowest BCUT2D eigenvalue weighted by atomic mass is 10.1. The number of hydrogen-bond acceptors (Lipinski definition) is 3. The minimum Gasteiger partial charge on any atom is -0.493 e. The molecule has 1 amide bonds. The van der Waals surface area contributed by atoms with Gasteiger partial charge in [-0.2, -0.15) is 0 Å². The Morgan fingerprint density at radius 2 is 2.21 bits per heavy atom. The van der Waals surface area contributed by atoms with Crippen LogP contribution >= 0.6 is 0 Å². The van der Waals surface area contributed by atoms with Gasteiger partial charge in [-0.3, -0.25) is 0 Å². The predicted molar refractivity (Wildman–Crippen MR) is 69.7 cm³/mol. The Bertz CT molecular complexity index is 438. The maximum atomic E-state index is 13.2. The number of hydrogen-bond donors (Lipinski definition) is 3. The van der Waals surface area contributed by atoms with Crippen molar-refractivity contribution >= 4 is 6.09 Å². The Morgan fingerprint density at radius 3 is 2.79 bits per heavy atom. The van der Waals surface area contributed by atoms with E-state index in [0.29, 0.717) is 24.3 Å². The first-order valence-corrected chi connectivity index (χ1v) is 6.07. The molecule has 0 saturated carbocycles. The van der Waals surface area contributed by atoms with Gasteiger partial charge in [-0.25, -0.2) is 9.18 Å². The van der Waals surface area contributed by atoms with Crippen LogP contribution in [0.15, 0.2) is 18.2 Å². The fourth-order valence-electron chi connectivity index (χ4n) is 1.61. The number of carboxylic acid groups (broad SMARTS) is 1. The van der Waals surface area contributed by atoms with E-state index in [0.717, 1.165) is 0 Å². The highest BCUT2D eigenvalue weighted by molar-refractivity contribution is 5.65. The van der Waals surface area contributed by atoms with E-state index in [4.69, 9.17) is 15.6 Å². The lowest BCUT2D eigenvalue weighted by molar-refractivity contribution is 0.190. The Morgan fingerprint density at radius 1 is 1.53 bits per heavy atom. The van der Waals surface area contributed by atoms with Crippen molar-refractivity contribution in [3.8, 4) is 5.75 Å². The third-order valence-electron chi connectivity index (χ3n) is 2.61. The minimum absolute atomic E-state index is 0.0125. The topological polar surface area (TPSA) is 84.6 Å². The molecule has 5 nitrogen and oxygen atoms in total. The van der Waals surface area contributed by atoms with Crippen LogP contribution in [0.3, 0.4) is 0 Å². The van der Waals surface area contributed by atoms with Gasteiger partial charge < -0.3 is 20.9 Å². The first-order valence-electron chi connectivity index (χ1n) is 6.07. The standard InChI is InChI=1S/C13H19FN2O3/c1-8(15)5-6-19-12-4-3-10(14)7-11(12)9(2)16-13(17)18/h3-4,7-9,16H,5-6,15H2,1-2H3,(H,17,18). The molecule has 106 valence electrons. The maximum Gasteiger partial charge on any atom is 0.405 e. The third kappa shape index (κ3) is 5.13. The zero-order valence-electron chi connectivity index (χ0n) is 11.0. The van der Waals surface area contributed by atoms with Gasteiger partial charge >= 0.3 is 6.09 Å². The van der Waals surface area contributed by atoms with Gasteiger partial charge in [0, 0.05) is 11.6 Å². The second kappa shape index (κ2) is 6.94. The molecule has 0 radical (unpaired) electrons. The largest absolute Gasteiger partial charge is 0.493 e. The molecule has 1 rings (SSSR count). The minimum atomic E-state index is -1.17. The van der Waals surface area contributed by atoms with E-state index in [1.165, 1.54) is 18.2 Å². The summed E-state index contributed by atoms with van der Waals surface area (Å²) in [5, 5.41) is 11.0. The summed E-state index contributed by atoms with van der Waals surface area (Å²) >= 11 is 0. The van der Waals surface area contributed by atoms with E-state index in [2.05, 4.69) is 5.32 Å². The van der Waals surface area contributed by atoms with Crippen LogP contribution in [0.4, 0.5) is 9.18 Å². The quantitative estimate of drug-likeness (QED) is 0.740. The number of benzene rings is 1. The van der Waals surface area contributed by atoms with E-state index < -0.39 is 18.0 Å². The molecule has 19 heavy (non-hydrogen) atoms. The Balaban J connectivity index is 2.81. The van der Waals surface area contributed by atoms with Crippen molar-refractivity contribution in [2.75, 3.05) is 6.61 Å². The molecule has 4 N–H and O–H groups in total. The van der Waals surface area contributed by atoms with Crippen LogP contribution in [0.1, 0.15) is 31.9 Å². The van der Waals surface area contributed by atoms with Gasteiger partial charge in [-0.1, -0.05) is 0 Å². The molecular formula is C13H19FN2O3. The van der Waals surface area contributed by atoms with Crippen molar-refractivity contribution in [3.63, 3.8) is 0 Å². The van der Waals surface area contributed by atoms with Crippen LogP contribution in [-0.2, 0) is 0 Å². The highest BCUT2D eigenvalue weighted by atomic mass is 19.1. The second-order valence-electron chi connectivity index (χ2n) is 4.47. The molecule has 0 saturated heterocycles. The van der Waals surface area contributed by atoms with Gasteiger partial charge in [-0.05, 0) is 38.5 Å². The molecule has 0 bridgehead atoms. The molecular weight excluding hydrogens is 251 g/mol. The molecule has 0 aliphatic carbocycles. The lowest BCUT2D eigenvalue weighted by Crippen LogP contribution is -2.25. The van der Waals surface area contributed by atoms with E-state index >= 15 is 0 Å². The summed E-state index contributed by atoms with van der Waals surface area (Å²) in [5.74, 6) is 0.0249. The fraction of sp³-hybridized carbons (Fsp3) is 0.462. The average Bonchev–Trinajstić information content (AvgIpc) is 2.29. The summed E-state index contributed by atoms with van der Waals surface area (Å²) in [6, 6.07) is 3.49. The number of ether oxygens (including phenoxy) is 1. The highest BCUT2D eigenvalue weighted by Crippen LogP contribution is 2.26. The van der Waals surface area contributed by atoms with Gasteiger partial charge in [0.1, 0.15) is 11.6 Å². The van der Waals surface area contributed by atoms with Gasteiger partial charge in [0.05, 0.1) is 12.6 Å². The van der Waals surface area contributed by atoms with Crippen molar-refractivity contribution in [1.82, 2.24) is 5.32 Å². The summed E-state index contributed by atoms with van der Waals surface area (Å²) < 4.78 is 18.8. The number of nitrogens with two attached hydrogens (primary N) is 1. The Labute approximate surface area is 111 Å². The van der Waals surface area contributed by atoms with Gasteiger partial charge in [0.15, 0.2) is 0 Å². The van der Waals surface area contributed by atoms with Crippen molar-refractivity contribution < 1.29 is 19.0 Å². The smallest absolute Gasteiger partial charge is 0.405 e. The van der Waals surface area contributed by atoms with Crippen LogP contribution in [0, 0.1) is 5.82 Å². The number of halogens is 1. The summed E-state index contributed by atoms with van der Waals surface area (Å²) in [7, 11) is 0. The molecule has 2 atom stereocenters. The van der Waals surface area contributed by atoms with Crippen molar-refractivity contribution in [1.29, 1.82) is 0 Å². The van der Waals surface area contributed by atoms with Gasteiger partial charge in [0.25, 0.3) is 0 Å². The van der Waals surface area contributed by atoms with E-state index in [-0.39, 0.29) is 6.04 Å². The highest BCUT2D eigenvalue weighted by Gasteiger charge is 2.15. The van der Waals surface area contributed by atoms with E-state index in [1.54, 1.807) is 6.92 Å². The molecule has 1 aromatic carbocycles. The summed E-state index contributed by atoms with van der Waals surface area (Å²) in [4.78, 5) is 10.6. The number of rotatable bonds is 6. The zero-order valence-corrected chi connectivity index (χ0v) is 11.0. The summed E-state index contributed by atoms with van der Waals surface area (Å²) in [6.07, 6.45) is -0.504. The molecule has 0 spiro atoms. The van der Waals surface area contributed by atoms with Crippen LogP contribution in [0.5, 0.6) is 5.75 Å². The lowest BCUT2D eigenvalue weighted by Gasteiger charge is -2.17. The zero-order chi connectivity index (χ0) is 14.4. The monoisotopic (exact) mass is 270 g/mol. The molecule has 0 fully saturated rings. The fourth-order valence-corrected chi connectivity index (χ4v) is 1.61. The summed E-state index contributed by atoms with van der Waals surface area (Å²) in [5.41, 5.74) is 6.08. The number of nitrogens with one attached hydrogen (secondary N) is 1. The maximum absolute atomic E-state index is 13.2. The molecule has 2 unspecified atom stereocenters. The van der Waals surface area contributed by atoms with Crippen LogP contribution in [0.25, 0.3) is 0 Å². The number of amides is 1. The van der Waals surface area contributed by atoms with Crippen LogP contribution in [-0.4, -0.2) is 23.8 Å². The Hall–Kier alpha value is -1.82. The predicted octanol–water partition coefficient (Wildman–Crippen LogP) is 2.27. The Kier molecular flexibility index (Phi) is 5.57. The molecule has 0 aliphatic heterocycles. The molecule has 0 aromatic heterocycles. The van der Waals surface area contributed by atoms with Gasteiger partial charge in [0.2, 0.25) is 0 Å². The van der Waals surface area contributed by atoms with Crippen molar-refractivity contribution in [2.45, 2.75) is 32.4 Å². The molecule has 0 heterocycles. The van der Waals surface area contributed by atoms with Gasteiger partial charge in [-0.15, -0.1) is 0 Å². The molecule has 1 aromatic rings. The normalized spacial score (nSPS) is 13.7. The van der Waals surface area contributed by atoms with Crippen LogP contribution in [0.2, 0.25) is 0 Å². The van der Waals surface area contributed by atoms with Crippen molar-refractivity contribution in [3.05, 3.63) is 29.6 Å². The molecule has 6 heteroatoms.